The first kappa shape index (κ1) is 13.6. The first-order valence-electron chi connectivity index (χ1n) is 6.03. The Bertz CT molecular complexity index is 309. The number of thioether (sulfide) groups is 1. The van der Waals surface area contributed by atoms with Gasteiger partial charge in [0.1, 0.15) is 0 Å². The van der Waals surface area contributed by atoms with E-state index in [1.807, 2.05) is 11.8 Å². The maximum atomic E-state index is 6.09. The molecule has 0 aliphatic carbocycles. The molecule has 0 amide bonds. The van der Waals surface area contributed by atoms with E-state index < -0.39 is 0 Å². The summed E-state index contributed by atoms with van der Waals surface area (Å²) in [5.74, 6) is 1.78. The highest BCUT2D eigenvalue weighted by atomic mass is 32.2. The second-order valence-electron chi connectivity index (χ2n) is 4.86. The molecule has 1 aromatic carbocycles. The van der Waals surface area contributed by atoms with Crippen LogP contribution in [0.1, 0.15) is 32.3 Å². The maximum absolute atomic E-state index is 6.09. The van der Waals surface area contributed by atoms with Crippen molar-refractivity contribution in [2.45, 2.75) is 44.6 Å². The van der Waals surface area contributed by atoms with Crippen molar-refractivity contribution in [3.05, 3.63) is 29.8 Å². The van der Waals surface area contributed by atoms with E-state index >= 15 is 0 Å². The number of nitrogens with two attached hydrogens (primary N) is 1. The van der Waals surface area contributed by atoms with Gasteiger partial charge in [-0.15, -0.1) is 11.8 Å². The van der Waals surface area contributed by atoms with E-state index in [4.69, 9.17) is 5.73 Å². The van der Waals surface area contributed by atoms with Crippen LogP contribution in [0.5, 0.6) is 0 Å². The molecular formula is C14H23NS. The zero-order chi connectivity index (χ0) is 12.0. The zero-order valence-corrected chi connectivity index (χ0v) is 11.4. The number of hydrogen-bond acceptors (Lipinski definition) is 2. The van der Waals surface area contributed by atoms with Crippen molar-refractivity contribution in [1.82, 2.24) is 0 Å². The molecule has 0 fully saturated rings. The molecule has 2 heteroatoms. The molecule has 16 heavy (non-hydrogen) atoms. The van der Waals surface area contributed by atoms with E-state index in [0.29, 0.717) is 6.04 Å². The second-order valence-corrected chi connectivity index (χ2v) is 5.95. The van der Waals surface area contributed by atoms with Gasteiger partial charge >= 0.3 is 0 Å². The minimum absolute atomic E-state index is 0.327. The Morgan fingerprint density at radius 1 is 1.25 bits per heavy atom. The maximum Gasteiger partial charge on any atom is 0.0134 e. The predicted molar refractivity (Wildman–Crippen MR) is 74.0 cm³/mol. The van der Waals surface area contributed by atoms with Crippen molar-refractivity contribution >= 4 is 11.8 Å². The molecule has 0 spiro atoms. The monoisotopic (exact) mass is 237 g/mol. The quantitative estimate of drug-likeness (QED) is 0.761. The molecule has 2 N–H and O–H groups in total. The average Bonchev–Trinajstić information content (AvgIpc) is 2.23. The van der Waals surface area contributed by atoms with Gasteiger partial charge in [0.2, 0.25) is 0 Å². The van der Waals surface area contributed by atoms with Crippen LogP contribution < -0.4 is 5.73 Å². The molecule has 0 aromatic heterocycles. The van der Waals surface area contributed by atoms with Crippen LogP contribution >= 0.6 is 11.8 Å². The lowest BCUT2D eigenvalue weighted by Gasteiger charge is -2.12. The van der Waals surface area contributed by atoms with Crippen LogP contribution in [0.3, 0.4) is 0 Å². The normalized spacial score (nSPS) is 13.1. The molecule has 0 bridgehead atoms. The summed E-state index contributed by atoms with van der Waals surface area (Å²) in [6.07, 6.45) is 2.37. The summed E-state index contributed by atoms with van der Waals surface area (Å²) in [4.78, 5) is 1.33. The van der Waals surface area contributed by atoms with E-state index in [1.54, 1.807) is 0 Å². The summed E-state index contributed by atoms with van der Waals surface area (Å²) >= 11 is 1.87. The molecule has 1 atom stereocenters. The lowest BCUT2D eigenvalue weighted by atomic mass is 10.1. The van der Waals surface area contributed by atoms with Crippen LogP contribution in [0.15, 0.2) is 29.2 Å². The lowest BCUT2D eigenvalue weighted by Crippen LogP contribution is -2.23. The average molecular weight is 237 g/mol. The topological polar surface area (TPSA) is 26.0 Å². The summed E-state index contributed by atoms with van der Waals surface area (Å²) in [7, 11) is 0. The van der Waals surface area contributed by atoms with E-state index in [2.05, 4.69) is 45.0 Å². The Labute approximate surface area is 104 Å². The summed E-state index contributed by atoms with van der Waals surface area (Å²) in [5, 5.41) is 0. The third-order valence-electron chi connectivity index (χ3n) is 2.57. The van der Waals surface area contributed by atoms with E-state index in [-0.39, 0.29) is 0 Å². The van der Waals surface area contributed by atoms with Gasteiger partial charge in [-0.25, -0.2) is 0 Å². The molecule has 1 unspecified atom stereocenters. The number of hydrogen-bond donors (Lipinski definition) is 1. The Morgan fingerprint density at radius 2 is 2.00 bits per heavy atom. The minimum atomic E-state index is 0.327. The molecule has 0 saturated heterocycles. The summed E-state index contributed by atoms with van der Waals surface area (Å²) in [6.45, 7) is 6.63. The minimum Gasteiger partial charge on any atom is -0.327 e. The molecule has 1 rings (SSSR count). The van der Waals surface area contributed by atoms with Gasteiger partial charge in [-0.2, -0.15) is 0 Å². The molecule has 0 radical (unpaired) electrons. The number of aryl methyl sites for hydroxylation is 1. The highest BCUT2D eigenvalue weighted by molar-refractivity contribution is 7.99. The van der Waals surface area contributed by atoms with Crippen LogP contribution in [-0.4, -0.2) is 11.8 Å². The van der Waals surface area contributed by atoms with Crippen molar-refractivity contribution < 1.29 is 0 Å². The Morgan fingerprint density at radius 3 is 2.62 bits per heavy atom. The SMILES string of the molecule is Cc1cccc(SCC(N)CCC(C)C)c1. The van der Waals surface area contributed by atoms with Gasteiger partial charge in [-0.05, 0) is 37.8 Å². The standard InChI is InChI=1S/C14H23NS/c1-11(2)7-8-13(15)10-16-14-6-4-5-12(3)9-14/h4-6,9,11,13H,7-8,10,15H2,1-3H3. The van der Waals surface area contributed by atoms with Gasteiger partial charge in [0.15, 0.2) is 0 Å². The third kappa shape index (κ3) is 5.57. The Kier molecular flexibility index (Phi) is 5.93. The summed E-state index contributed by atoms with van der Waals surface area (Å²) < 4.78 is 0. The Balaban J connectivity index is 2.28. The second kappa shape index (κ2) is 6.97. The van der Waals surface area contributed by atoms with Gasteiger partial charge in [0.05, 0.1) is 0 Å². The summed E-state index contributed by atoms with van der Waals surface area (Å²) in [5.41, 5.74) is 7.41. The van der Waals surface area contributed by atoms with Crippen LogP contribution in [0, 0.1) is 12.8 Å². The molecule has 1 aromatic rings. The first-order valence-corrected chi connectivity index (χ1v) is 7.01. The summed E-state index contributed by atoms with van der Waals surface area (Å²) in [6, 6.07) is 8.94. The third-order valence-corrected chi connectivity index (χ3v) is 3.75. The fraction of sp³-hybridized carbons (Fsp3) is 0.571. The zero-order valence-electron chi connectivity index (χ0n) is 10.6. The van der Waals surface area contributed by atoms with Crippen LogP contribution in [0.2, 0.25) is 0 Å². The van der Waals surface area contributed by atoms with Gasteiger partial charge in [0, 0.05) is 16.7 Å². The van der Waals surface area contributed by atoms with Gasteiger partial charge < -0.3 is 5.73 Å². The Hall–Kier alpha value is -0.470. The van der Waals surface area contributed by atoms with E-state index in [9.17, 15) is 0 Å². The number of benzene rings is 1. The molecule has 0 heterocycles. The predicted octanol–water partition coefficient (Wildman–Crippen LogP) is 3.85. The van der Waals surface area contributed by atoms with Crippen molar-refractivity contribution in [2.24, 2.45) is 11.7 Å². The van der Waals surface area contributed by atoms with Crippen LogP contribution in [0.25, 0.3) is 0 Å². The first-order chi connectivity index (χ1) is 7.58. The van der Waals surface area contributed by atoms with E-state index in [0.717, 1.165) is 18.1 Å². The molecular weight excluding hydrogens is 214 g/mol. The van der Waals surface area contributed by atoms with Gasteiger partial charge in [-0.3, -0.25) is 0 Å². The molecule has 0 saturated carbocycles. The molecule has 1 nitrogen and oxygen atoms in total. The van der Waals surface area contributed by atoms with Crippen LogP contribution in [0.4, 0.5) is 0 Å². The lowest BCUT2D eigenvalue weighted by molar-refractivity contribution is 0.517. The van der Waals surface area contributed by atoms with Crippen molar-refractivity contribution in [3.8, 4) is 0 Å². The van der Waals surface area contributed by atoms with Crippen molar-refractivity contribution in [2.75, 3.05) is 5.75 Å². The van der Waals surface area contributed by atoms with Gasteiger partial charge in [0.25, 0.3) is 0 Å². The van der Waals surface area contributed by atoms with Crippen molar-refractivity contribution in [3.63, 3.8) is 0 Å². The highest BCUT2D eigenvalue weighted by Gasteiger charge is 2.05. The van der Waals surface area contributed by atoms with Crippen LogP contribution in [-0.2, 0) is 0 Å². The van der Waals surface area contributed by atoms with Gasteiger partial charge in [-0.1, -0.05) is 31.5 Å². The highest BCUT2D eigenvalue weighted by Crippen LogP contribution is 2.20. The fourth-order valence-electron chi connectivity index (χ4n) is 1.54. The smallest absolute Gasteiger partial charge is 0.0134 e. The molecule has 0 aliphatic rings. The molecule has 0 aliphatic heterocycles. The van der Waals surface area contributed by atoms with Crippen molar-refractivity contribution in [1.29, 1.82) is 0 Å². The largest absolute Gasteiger partial charge is 0.327 e. The van der Waals surface area contributed by atoms with E-state index in [1.165, 1.54) is 16.9 Å². The fourth-order valence-corrected chi connectivity index (χ4v) is 2.56. The molecule has 90 valence electrons. The number of rotatable bonds is 6.